The van der Waals surface area contributed by atoms with Gasteiger partial charge in [-0.3, -0.25) is 0 Å². The molecule has 0 saturated carbocycles. The van der Waals surface area contributed by atoms with Gasteiger partial charge in [0.05, 0.1) is 6.10 Å². The van der Waals surface area contributed by atoms with E-state index in [2.05, 4.69) is 31.3 Å². The van der Waals surface area contributed by atoms with E-state index in [0.29, 0.717) is 18.0 Å². The second-order valence-electron chi connectivity index (χ2n) is 5.72. The first-order valence-electron chi connectivity index (χ1n) is 7.40. The molecule has 0 unspecified atom stereocenters. The van der Waals surface area contributed by atoms with Crippen molar-refractivity contribution in [1.29, 1.82) is 0 Å². The number of aliphatic hydroxyl groups excluding tert-OH is 1. The van der Waals surface area contributed by atoms with Crippen LogP contribution in [0, 0.1) is 11.6 Å². The first-order valence-corrected chi connectivity index (χ1v) is 7.40. The molecule has 22 heavy (non-hydrogen) atoms. The Hall–Kier alpha value is -1.78. The van der Waals surface area contributed by atoms with Gasteiger partial charge in [-0.1, -0.05) is 44.2 Å². The van der Waals surface area contributed by atoms with Crippen LogP contribution in [0.4, 0.5) is 8.78 Å². The fraction of sp³-hybridized carbons (Fsp3) is 0.333. The van der Waals surface area contributed by atoms with Crippen molar-refractivity contribution in [2.24, 2.45) is 0 Å². The van der Waals surface area contributed by atoms with Crippen LogP contribution >= 0.6 is 0 Å². The Balaban J connectivity index is 1.86. The van der Waals surface area contributed by atoms with Gasteiger partial charge in [0, 0.05) is 13.1 Å². The predicted octanol–water partition coefficient (Wildman–Crippen LogP) is 3.91. The average molecular weight is 305 g/mol. The molecule has 0 aliphatic heterocycles. The third-order valence-corrected chi connectivity index (χ3v) is 3.64. The fourth-order valence-corrected chi connectivity index (χ4v) is 2.21. The average Bonchev–Trinajstić information content (AvgIpc) is 2.50. The first kappa shape index (κ1) is 16.6. The molecule has 2 rings (SSSR count). The summed E-state index contributed by atoms with van der Waals surface area (Å²) in [5, 5.41) is 13.1. The molecule has 0 amide bonds. The zero-order chi connectivity index (χ0) is 16.1. The summed E-state index contributed by atoms with van der Waals surface area (Å²) in [6.45, 7) is 5.17. The number of hydrogen-bond donors (Lipinski definition) is 2. The van der Waals surface area contributed by atoms with Gasteiger partial charge in [0.15, 0.2) is 11.6 Å². The number of rotatable bonds is 6. The summed E-state index contributed by atoms with van der Waals surface area (Å²) in [7, 11) is 0. The van der Waals surface area contributed by atoms with Gasteiger partial charge < -0.3 is 10.4 Å². The minimum atomic E-state index is -0.944. The van der Waals surface area contributed by atoms with Crippen molar-refractivity contribution in [3.8, 4) is 0 Å². The maximum absolute atomic E-state index is 13.1. The second kappa shape index (κ2) is 7.47. The fourth-order valence-electron chi connectivity index (χ4n) is 2.21. The van der Waals surface area contributed by atoms with Crippen LogP contribution in [0.2, 0.25) is 0 Å². The number of aliphatic hydroxyl groups is 1. The normalized spacial score (nSPS) is 12.6. The van der Waals surface area contributed by atoms with Crippen LogP contribution in [0.25, 0.3) is 0 Å². The van der Waals surface area contributed by atoms with E-state index in [9.17, 15) is 13.9 Å². The Labute approximate surface area is 129 Å². The van der Waals surface area contributed by atoms with Gasteiger partial charge in [-0.25, -0.2) is 8.78 Å². The molecular formula is C18H21F2NO. The summed E-state index contributed by atoms with van der Waals surface area (Å²) in [4.78, 5) is 0. The summed E-state index contributed by atoms with van der Waals surface area (Å²) in [5.74, 6) is -1.35. The topological polar surface area (TPSA) is 32.3 Å². The number of halogens is 2. The lowest BCUT2D eigenvalue weighted by Crippen LogP contribution is -2.21. The SMILES string of the molecule is CC(C)c1ccc(CNC[C@H](O)c2ccc(F)c(F)c2)cc1. The van der Waals surface area contributed by atoms with E-state index in [4.69, 9.17) is 0 Å². The van der Waals surface area contributed by atoms with Crippen LogP contribution in [0.5, 0.6) is 0 Å². The molecule has 0 aromatic heterocycles. The highest BCUT2D eigenvalue weighted by molar-refractivity contribution is 5.25. The lowest BCUT2D eigenvalue weighted by Gasteiger charge is -2.13. The van der Waals surface area contributed by atoms with E-state index in [0.717, 1.165) is 17.7 Å². The van der Waals surface area contributed by atoms with Crippen molar-refractivity contribution < 1.29 is 13.9 Å². The third-order valence-electron chi connectivity index (χ3n) is 3.64. The Kier molecular flexibility index (Phi) is 5.63. The van der Waals surface area contributed by atoms with E-state index in [-0.39, 0.29) is 6.54 Å². The van der Waals surface area contributed by atoms with Crippen molar-refractivity contribution in [3.05, 3.63) is 70.8 Å². The molecule has 0 spiro atoms. The molecule has 1 atom stereocenters. The van der Waals surface area contributed by atoms with Gasteiger partial charge >= 0.3 is 0 Å². The summed E-state index contributed by atoms with van der Waals surface area (Å²) < 4.78 is 26.0. The lowest BCUT2D eigenvalue weighted by molar-refractivity contribution is 0.173. The zero-order valence-electron chi connectivity index (χ0n) is 12.8. The molecule has 2 aromatic carbocycles. The summed E-state index contributed by atoms with van der Waals surface area (Å²) in [6, 6.07) is 11.7. The molecule has 0 radical (unpaired) electrons. The van der Waals surface area contributed by atoms with Gasteiger partial charge in [0.1, 0.15) is 0 Å². The van der Waals surface area contributed by atoms with Crippen LogP contribution in [0.3, 0.4) is 0 Å². The quantitative estimate of drug-likeness (QED) is 0.848. The molecule has 0 heterocycles. The van der Waals surface area contributed by atoms with Crippen molar-refractivity contribution in [1.82, 2.24) is 5.32 Å². The van der Waals surface area contributed by atoms with Crippen LogP contribution < -0.4 is 5.32 Å². The van der Waals surface area contributed by atoms with Crippen LogP contribution in [0.15, 0.2) is 42.5 Å². The minimum Gasteiger partial charge on any atom is -0.387 e. The molecule has 0 fully saturated rings. The van der Waals surface area contributed by atoms with Crippen LogP contribution in [-0.4, -0.2) is 11.7 Å². The summed E-state index contributed by atoms with van der Waals surface area (Å²) in [5.41, 5.74) is 2.76. The number of nitrogens with one attached hydrogen (secondary N) is 1. The Morgan fingerprint density at radius 2 is 1.59 bits per heavy atom. The molecular weight excluding hydrogens is 284 g/mol. The Bertz CT molecular complexity index is 611. The highest BCUT2D eigenvalue weighted by Gasteiger charge is 2.10. The highest BCUT2D eigenvalue weighted by atomic mass is 19.2. The second-order valence-corrected chi connectivity index (χ2v) is 5.72. The molecule has 0 aliphatic carbocycles. The lowest BCUT2D eigenvalue weighted by atomic mass is 10.0. The van der Waals surface area contributed by atoms with Crippen molar-refractivity contribution >= 4 is 0 Å². The third kappa shape index (κ3) is 4.36. The van der Waals surface area contributed by atoms with Gasteiger partial charge in [-0.15, -0.1) is 0 Å². The van der Waals surface area contributed by atoms with Gasteiger partial charge in [-0.05, 0) is 34.7 Å². The maximum Gasteiger partial charge on any atom is 0.159 e. The molecule has 2 nitrogen and oxygen atoms in total. The van der Waals surface area contributed by atoms with Crippen molar-refractivity contribution in [2.75, 3.05) is 6.54 Å². The van der Waals surface area contributed by atoms with E-state index in [1.54, 1.807) is 0 Å². The Morgan fingerprint density at radius 1 is 0.955 bits per heavy atom. The largest absolute Gasteiger partial charge is 0.387 e. The Morgan fingerprint density at radius 3 is 2.18 bits per heavy atom. The maximum atomic E-state index is 13.1. The van der Waals surface area contributed by atoms with Crippen LogP contribution in [-0.2, 0) is 6.54 Å². The molecule has 0 saturated heterocycles. The highest BCUT2D eigenvalue weighted by Crippen LogP contribution is 2.17. The predicted molar refractivity (Wildman–Crippen MR) is 83.6 cm³/mol. The summed E-state index contributed by atoms with van der Waals surface area (Å²) >= 11 is 0. The van der Waals surface area contributed by atoms with Crippen LogP contribution in [0.1, 0.15) is 42.6 Å². The standard InChI is InChI=1S/C18H21F2NO/c1-12(2)14-5-3-13(4-6-14)10-21-11-18(22)15-7-8-16(19)17(20)9-15/h3-9,12,18,21-22H,10-11H2,1-2H3/t18-/m0/s1. The monoisotopic (exact) mass is 305 g/mol. The van der Waals surface area contributed by atoms with Gasteiger partial charge in [0.25, 0.3) is 0 Å². The smallest absolute Gasteiger partial charge is 0.159 e. The molecule has 118 valence electrons. The number of hydrogen-bond acceptors (Lipinski definition) is 2. The first-order chi connectivity index (χ1) is 10.5. The van der Waals surface area contributed by atoms with E-state index >= 15 is 0 Å². The van der Waals surface area contributed by atoms with E-state index in [1.807, 2.05) is 12.1 Å². The molecule has 0 bridgehead atoms. The number of benzene rings is 2. The minimum absolute atomic E-state index is 0.275. The van der Waals surface area contributed by atoms with E-state index in [1.165, 1.54) is 11.6 Å². The van der Waals surface area contributed by atoms with Gasteiger partial charge in [0.2, 0.25) is 0 Å². The van der Waals surface area contributed by atoms with Crippen molar-refractivity contribution in [3.63, 3.8) is 0 Å². The molecule has 4 heteroatoms. The van der Waals surface area contributed by atoms with Crippen molar-refractivity contribution in [2.45, 2.75) is 32.4 Å². The molecule has 0 aliphatic rings. The molecule has 2 aromatic rings. The molecule has 2 N–H and O–H groups in total. The van der Waals surface area contributed by atoms with E-state index < -0.39 is 17.7 Å². The zero-order valence-corrected chi connectivity index (χ0v) is 12.8. The van der Waals surface area contributed by atoms with Gasteiger partial charge in [-0.2, -0.15) is 0 Å². The summed E-state index contributed by atoms with van der Waals surface area (Å²) in [6.07, 6.45) is -0.870.